The van der Waals surface area contributed by atoms with Crippen molar-refractivity contribution in [2.75, 3.05) is 0 Å². The predicted molar refractivity (Wildman–Crippen MR) is 29.2 cm³/mol. The van der Waals surface area contributed by atoms with E-state index in [0.29, 0.717) is 6.42 Å². The summed E-state index contributed by atoms with van der Waals surface area (Å²) in [6.45, 7) is 3.49. The molecule has 0 atom stereocenters. The van der Waals surface area contributed by atoms with Gasteiger partial charge in [0.05, 0.1) is 18.0 Å². The van der Waals surface area contributed by atoms with Crippen molar-refractivity contribution < 1.29 is 5.21 Å². The predicted octanol–water partition coefficient (Wildman–Crippen LogP) is 0.657. The molecular weight excluding hydrogens is 104 g/mol. The summed E-state index contributed by atoms with van der Waals surface area (Å²) in [4.78, 5) is 0. The van der Waals surface area contributed by atoms with Gasteiger partial charge < -0.3 is 5.21 Å². The second-order valence-corrected chi connectivity index (χ2v) is 2.33. The van der Waals surface area contributed by atoms with Crippen molar-refractivity contribution in [2.45, 2.75) is 25.8 Å². The number of hydrogen-bond acceptors (Lipinski definition) is 3. The minimum Gasteiger partial charge on any atom is -0.316 e. The Morgan fingerprint density at radius 1 is 1.75 bits per heavy atom. The molecule has 2 N–H and O–H groups in total. The zero-order valence-electron chi connectivity index (χ0n) is 5.10. The van der Waals surface area contributed by atoms with E-state index in [9.17, 15) is 0 Å². The van der Waals surface area contributed by atoms with Crippen LogP contribution in [-0.2, 0) is 0 Å². The number of hydrogen-bond donors (Lipinski definition) is 2. The highest BCUT2D eigenvalue weighted by atomic mass is 16.5. The van der Waals surface area contributed by atoms with E-state index < -0.39 is 5.54 Å². The van der Waals surface area contributed by atoms with Gasteiger partial charge in [-0.3, -0.25) is 0 Å². The lowest BCUT2D eigenvalue weighted by Gasteiger charge is -2.17. The summed E-state index contributed by atoms with van der Waals surface area (Å²) < 4.78 is 0. The molecule has 0 spiro atoms. The first-order valence-corrected chi connectivity index (χ1v) is 2.40. The molecular formula is C5H10N2O. The molecule has 0 aliphatic rings. The molecule has 0 fully saturated rings. The second kappa shape index (κ2) is 2.65. The van der Waals surface area contributed by atoms with Crippen molar-refractivity contribution in [3.05, 3.63) is 0 Å². The fraction of sp³-hybridized carbons (Fsp3) is 0.800. The number of rotatable bonds is 2. The molecule has 0 amide bonds. The smallest absolute Gasteiger partial charge is 0.0641 e. The first-order valence-electron chi connectivity index (χ1n) is 2.40. The third-order valence-electron chi connectivity index (χ3n) is 0.824. The van der Waals surface area contributed by atoms with Crippen LogP contribution in [0, 0.1) is 11.3 Å². The maximum Gasteiger partial charge on any atom is 0.0641 e. The highest BCUT2D eigenvalue weighted by Gasteiger charge is 2.13. The summed E-state index contributed by atoms with van der Waals surface area (Å²) >= 11 is 0. The Balaban J connectivity index is 3.58. The Hall–Kier alpha value is -0.590. The van der Waals surface area contributed by atoms with E-state index in [2.05, 4.69) is 0 Å². The van der Waals surface area contributed by atoms with Crippen molar-refractivity contribution in [1.82, 2.24) is 5.48 Å². The van der Waals surface area contributed by atoms with Gasteiger partial charge in [0.2, 0.25) is 0 Å². The molecule has 0 rings (SSSR count). The lowest BCUT2D eigenvalue weighted by Crippen LogP contribution is -2.35. The first-order chi connectivity index (χ1) is 3.62. The van der Waals surface area contributed by atoms with Crippen molar-refractivity contribution >= 4 is 0 Å². The monoisotopic (exact) mass is 114 g/mol. The maximum atomic E-state index is 8.32. The molecule has 0 aromatic carbocycles. The van der Waals surface area contributed by atoms with Gasteiger partial charge in [0.1, 0.15) is 0 Å². The first kappa shape index (κ1) is 7.41. The van der Waals surface area contributed by atoms with Gasteiger partial charge in [-0.05, 0) is 13.8 Å². The molecule has 3 heteroatoms. The quantitative estimate of drug-likeness (QED) is 0.518. The Labute approximate surface area is 48.9 Å². The molecule has 46 valence electrons. The summed E-state index contributed by atoms with van der Waals surface area (Å²) in [5.74, 6) is 0. The molecule has 0 heterocycles. The Bertz CT molecular complexity index is 103. The van der Waals surface area contributed by atoms with Crippen LogP contribution in [-0.4, -0.2) is 10.7 Å². The molecule has 0 radical (unpaired) electrons. The number of nitriles is 1. The van der Waals surface area contributed by atoms with E-state index in [4.69, 9.17) is 10.5 Å². The minimum absolute atomic E-state index is 0.309. The largest absolute Gasteiger partial charge is 0.316 e. The number of hydroxylamine groups is 1. The zero-order valence-corrected chi connectivity index (χ0v) is 5.10. The van der Waals surface area contributed by atoms with Crippen LogP contribution in [0.2, 0.25) is 0 Å². The summed E-state index contributed by atoms with van der Waals surface area (Å²) in [6, 6.07) is 1.94. The van der Waals surface area contributed by atoms with Gasteiger partial charge in [-0.1, -0.05) is 0 Å². The fourth-order valence-corrected chi connectivity index (χ4v) is 0.237. The fourth-order valence-electron chi connectivity index (χ4n) is 0.237. The van der Waals surface area contributed by atoms with Gasteiger partial charge in [0.25, 0.3) is 0 Å². The van der Waals surface area contributed by atoms with E-state index in [1.807, 2.05) is 11.5 Å². The van der Waals surface area contributed by atoms with Gasteiger partial charge in [0.15, 0.2) is 0 Å². The molecule has 0 saturated carbocycles. The van der Waals surface area contributed by atoms with Crippen LogP contribution in [0.1, 0.15) is 20.3 Å². The topological polar surface area (TPSA) is 56.0 Å². The number of nitrogens with one attached hydrogen (secondary N) is 1. The molecule has 0 bridgehead atoms. The van der Waals surface area contributed by atoms with Crippen LogP contribution >= 0.6 is 0 Å². The Morgan fingerprint density at radius 3 is 2.38 bits per heavy atom. The lowest BCUT2D eigenvalue weighted by molar-refractivity contribution is 0.0841. The summed E-state index contributed by atoms with van der Waals surface area (Å²) in [5, 5.41) is 16.5. The van der Waals surface area contributed by atoms with Crippen molar-refractivity contribution in [2.24, 2.45) is 0 Å². The molecule has 0 unspecified atom stereocenters. The van der Waals surface area contributed by atoms with E-state index in [-0.39, 0.29) is 0 Å². The highest BCUT2D eigenvalue weighted by molar-refractivity contribution is 4.85. The Morgan fingerprint density at radius 2 is 2.25 bits per heavy atom. The van der Waals surface area contributed by atoms with Crippen molar-refractivity contribution in [3.8, 4) is 6.07 Å². The normalized spacial score (nSPS) is 10.8. The van der Waals surface area contributed by atoms with E-state index >= 15 is 0 Å². The zero-order chi connectivity index (χ0) is 6.62. The molecule has 0 saturated heterocycles. The molecule has 0 aliphatic carbocycles. The van der Waals surface area contributed by atoms with Crippen LogP contribution in [0.15, 0.2) is 0 Å². The highest BCUT2D eigenvalue weighted by Crippen LogP contribution is 2.03. The molecule has 0 aromatic rings. The summed E-state index contributed by atoms with van der Waals surface area (Å²) in [5.41, 5.74) is 1.56. The van der Waals surface area contributed by atoms with Crippen LogP contribution < -0.4 is 5.48 Å². The lowest BCUT2D eigenvalue weighted by atomic mass is 10.0. The molecule has 3 nitrogen and oxygen atoms in total. The van der Waals surface area contributed by atoms with Crippen LogP contribution in [0.3, 0.4) is 0 Å². The average Bonchev–Trinajstić information content (AvgIpc) is 1.67. The van der Waals surface area contributed by atoms with Gasteiger partial charge >= 0.3 is 0 Å². The molecule has 0 aromatic heterocycles. The maximum absolute atomic E-state index is 8.32. The minimum atomic E-state index is -0.464. The number of nitrogens with zero attached hydrogens (tertiary/aromatic N) is 1. The Kier molecular flexibility index (Phi) is 2.46. The van der Waals surface area contributed by atoms with Gasteiger partial charge in [-0.15, -0.1) is 0 Å². The van der Waals surface area contributed by atoms with E-state index in [1.54, 1.807) is 13.8 Å². The summed E-state index contributed by atoms with van der Waals surface area (Å²) in [6.07, 6.45) is 0.309. The van der Waals surface area contributed by atoms with Gasteiger partial charge in [0, 0.05) is 0 Å². The van der Waals surface area contributed by atoms with Crippen molar-refractivity contribution in [1.29, 1.82) is 5.26 Å². The van der Waals surface area contributed by atoms with E-state index in [0.717, 1.165) is 0 Å². The standard InChI is InChI=1S/C5H10N2O/c1-5(2,7-8)3-4-6/h7-8H,3H2,1-2H3. The third-order valence-corrected chi connectivity index (χ3v) is 0.824. The van der Waals surface area contributed by atoms with Gasteiger partial charge in [-0.25, -0.2) is 0 Å². The summed E-state index contributed by atoms with van der Waals surface area (Å²) in [7, 11) is 0. The molecule has 8 heavy (non-hydrogen) atoms. The second-order valence-electron chi connectivity index (χ2n) is 2.33. The average molecular weight is 114 g/mol. The third kappa shape index (κ3) is 2.56. The van der Waals surface area contributed by atoms with Crippen LogP contribution in [0.5, 0.6) is 0 Å². The SMILES string of the molecule is CC(C)(CC#N)NO. The molecule has 0 aliphatic heterocycles. The van der Waals surface area contributed by atoms with Gasteiger partial charge in [-0.2, -0.15) is 10.7 Å². The van der Waals surface area contributed by atoms with Crippen LogP contribution in [0.4, 0.5) is 0 Å². The van der Waals surface area contributed by atoms with E-state index in [1.165, 1.54) is 0 Å². The van der Waals surface area contributed by atoms with Crippen molar-refractivity contribution in [3.63, 3.8) is 0 Å². The van der Waals surface area contributed by atoms with Crippen LogP contribution in [0.25, 0.3) is 0 Å².